The quantitative estimate of drug-likeness (QED) is 0.723. The standard InChI is InChI=1S/C20H23N3OS2/c1-15-6-12-25-18(15)14-22-8-10-23(11-9-22)17-5-3-2-4-16(17)19(24)20-21-7-13-26-20/h2-7,12-13,19,24H,8-11,14H2,1H3/t19-/m1/s1. The number of piperazine rings is 1. The normalized spacial score (nSPS) is 16.8. The Morgan fingerprint density at radius 1 is 1.08 bits per heavy atom. The van der Waals surface area contributed by atoms with E-state index in [1.807, 2.05) is 28.8 Å². The summed E-state index contributed by atoms with van der Waals surface area (Å²) in [6.07, 6.45) is 1.09. The highest BCUT2D eigenvalue weighted by Crippen LogP contribution is 2.32. The molecule has 0 spiro atoms. The van der Waals surface area contributed by atoms with Crippen LogP contribution in [0, 0.1) is 6.92 Å². The molecule has 1 fully saturated rings. The molecule has 3 aromatic rings. The lowest BCUT2D eigenvalue weighted by Crippen LogP contribution is -2.46. The Morgan fingerprint density at radius 2 is 1.88 bits per heavy atom. The van der Waals surface area contributed by atoms with Crippen molar-refractivity contribution in [2.45, 2.75) is 19.6 Å². The molecule has 4 nitrogen and oxygen atoms in total. The van der Waals surface area contributed by atoms with Gasteiger partial charge in [0.15, 0.2) is 0 Å². The van der Waals surface area contributed by atoms with Crippen LogP contribution in [0.25, 0.3) is 0 Å². The Bertz CT molecular complexity index is 838. The molecule has 1 aliphatic heterocycles. The molecule has 1 N–H and O–H groups in total. The van der Waals surface area contributed by atoms with Gasteiger partial charge in [0.05, 0.1) is 0 Å². The van der Waals surface area contributed by atoms with E-state index in [1.54, 1.807) is 6.20 Å². The van der Waals surface area contributed by atoms with Gasteiger partial charge in [-0.15, -0.1) is 22.7 Å². The van der Waals surface area contributed by atoms with Crippen molar-refractivity contribution in [2.75, 3.05) is 31.1 Å². The van der Waals surface area contributed by atoms with Gasteiger partial charge in [0.25, 0.3) is 0 Å². The number of rotatable bonds is 5. The minimum Gasteiger partial charge on any atom is -0.381 e. The fourth-order valence-electron chi connectivity index (χ4n) is 3.43. The highest BCUT2D eigenvalue weighted by molar-refractivity contribution is 7.10. The highest BCUT2D eigenvalue weighted by Gasteiger charge is 2.23. The lowest BCUT2D eigenvalue weighted by Gasteiger charge is -2.37. The predicted octanol–water partition coefficient (Wildman–Crippen LogP) is 3.92. The van der Waals surface area contributed by atoms with Crippen LogP contribution < -0.4 is 4.90 Å². The monoisotopic (exact) mass is 385 g/mol. The summed E-state index contributed by atoms with van der Waals surface area (Å²) in [6, 6.07) is 10.4. The molecule has 0 bridgehead atoms. The Balaban J connectivity index is 1.45. The second-order valence-corrected chi connectivity index (χ2v) is 8.55. The Hall–Kier alpha value is -1.73. The molecule has 0 amide bonds. The Kier molecular flexibility index (Phi) is 5.36. The number of anilines is 1. The van der Waals surface area contributed by atoms with Gasteiger partial charge >= 0.3 is 0 Å². The zero-order chi connectivity index (χ0) is 17.9. The number of hydrogen-bond acceptors (Lipinski definition) is 6. The Labute approximate surface area is 162 Å². The maximum absolute atomic E-state index is 10.8. The fraction of sp³-hybridized carbons (Fsp3) is 0.350. The van der Waals surface area contributed by atoms with Crippen LogP contribution >= 0.6 is 22.7 Å². The number of benzene rings is 1. The summed E-state index contributed by atoms with van der Waals surface area (Å²) in [7, 11) is 0. The second-order valence-electron chi connectivity index (χ2n) is 6.62. The molecule has 136 valence electrons. The van der Waals surface area contributed by atoms with E-state index in [-0.39, 0.29) is 0 Å². The number of aliphatic hydroxyl groups is 1. The number of aromatic nitrogens is 1. The zero-order valence-corrected chi connectivity index (χ0v) is 16.5. The Morgan fingerprint density at radius 3 is 2.58 bits per heavy atom. The van der Waals surface area contributed by atoms with Crippen LogP contribution in [0.3, 0.4) is 0 Å². The van der Waals surface area contributed by atoms with Gasteiger partial charge in [-0.05, 0) is 30.0 Å². The molecule has 1 aromatic carbocycles. The predicted molar refractivity (Wildman–Crippen MR) is 109 cm³/mol. The van der Waals surface area contributed by atoms with Crippen molar-refractivity contribution in [3.8, 4) is 0 Å². The molecule has 1 atom stereocenters. The lowest BCUT2D eigenvalue weighted by molar-refractivity contribution is 0.218. The summed E-state index contributed by atoms with van der Waals surface area (Å²) < 4.78 is 0. The molecule has 4 rings (SSSR count). The maximum Gasteiger partial charge on any atom is 0.132 e. The van der Waals surface area contributed by atoms with Crippen LogP contribution in [0.1, 0.15) is 27.1 Å². The van der Waals surface area contributed by atoms with Crippen LogP contribution in [0.5, 0.6) is 0 Å². The van der Waals surface area contributed by atoms with Crippen molar-refractivity contribution in [1.82, 2.24) is 9.88 Å². The summed E-state index contributed by atoms with van der Waals surface area (Å²) in [5.74, 6) is 0. The molecule has 0 aliphatic carbocycles. The molecular formula is C20H23N3OS2. The van der Waals surface area contributed by atoms with Gasteiger partial charge in [-0.25, -0.2) is 4.98 Å². The van der Waals surface area contributed by atoms with Crippen molar-refractivity contribution in [2.24, 2.45) is 0 Å². The van der Waals surface area contributed by atoms with E-state index in [2.05, 4.69) is 45.3 Å². The van der Waals surface area contributed by atoms with Crippen LogP contribution in [0.15, 0.2) is 47.3 Å². The fourth-order valence-corrected chi connectivity index (χ4v) is 5.01. The maximum atomic E-state index is 10.8. The van der Waals surface area contributed by atoms with Crippen molar-refractivity contribution in [3.63, 3.8) is 0 Å². The van der Waals surface area contributed by atoms with Gasteiger partial charge in [0.2, 0.25) is 0 Å². The number of nitrogens with zero attached hydrogens (tertiary/aromatic N) is 3. The van der Waals surface area contributed by atoms with E-state index in [0.717, 1.165) is 49.0 Å². The molecule has 0 saturated carbocycles. The molecule has 0 unspecified atom stereocenters. The summed E-state index contributed by atoms with van der Waals surface area (Å²) in [4.78, 5) is 10.7. The molecule has 6 heteroatoms. The SMILES string of the molecule is Cc1ccsc1CN1CCN(c2ccccc2[C@@H](O)c2nccs2)CC1. The largest absolute Gasteiger partial charge is 0.381 e. The van der Waals surface area contributed by atoms with Gasteiger partial charge in [-0.1, -0.05) is 18.2 Å². The van der Waals surface area contributed by atoms with Crippen LogP contribution in [0.4, 0.5) is 5.69 Å². The first-order chi connectivity index (χ1) is 12.7. The van der Waals surface area contributed by atoms with E-state index >= 15 is 0 Å². The van der Waals surface area contributed by atoms with Gasteiger partial charge < -0.3 is 10.0 Å². The average Bonchev–Trinajstić information content (AvgIpc) is 3.34. The van der Waals surface area contributed by atoms with E-state index in [0.29, 0.717) is 0 Å². The third-order valence-electron chi connectivity index (χ3n) is 4.97. The van der Waals surface area contributed by atoms with E-state index < -0.39 is 6.10 Å². The first-order valence-corrected chi connectivity index (χ1v) is 10.6. The summed E-state index contributed by atoms with van der Waals surface area (Å²) in [6.45, 7) is 7.27. The molecule has 3 heterocycles. The molecule has 1 aliphatic rings. The highest BCUT2D eigenvalue weighted by atomic mass is 32.1. The zero-order valence-electron chi connectivity index (χ0n) is 14.8. The van der Waals surface area contributed by atoms with E-state index in [1.165, 1.54) is 21.8 Å². The van der Waals surface area contributed by atoms with Crippen molar-refractivity contribution < 1.29 is 5.11 Å². The third kappa shape index (κ3) is 3.69. The summed E-state index contributed by atoms with van der Waals surface area (Å²) >= 11 is 3.35. The minimum atomic E-state index is -0.655. The summed E-state index contributed by atoms with van der Waals surface area (Å²) in [5.41, 5.74) is 3.47. The van der Waals surface area contributed by atoms with Crippen LogP contribution in [0.2, 0.25) is 0 Å². The molecular weight excluding hydrogens is 362 g/mol. The van der Waals surface area contributed by atoms with E-state index in [4.69, 9.17) is 0 Å². The smallest absolute Gasteiger partial charge is 0.132 e. The molecule has 2 aromatic heterocycles. The topological polar surface area (TPSA) is 39.6 Å². The third-order valence-corrected chi connectivity index (χ3v) is 6.80. The van der Waals surface area contributed by atoms with Crippen LogP contribution in [-0.4, -0.2) is 41.2 Å². The first kappa shape index (κ1) is 17.7. The van der Waals surface area contributed by atoms with Crippen molar-refractivity contribution in [3.05, 3.63) is 68.3 Å². The van der Waals surface area contributed by atoms with Gasteiger partial charge in [0, 0.05) is 60.4 Å². The van der Waals surface area contributed by atoms with Gasteiger partial charge in [0.1, 0.15) is 11.1 Å². The van der Waals surface area contributed by atoms with Crippen LogP contribution in [-0.2, 0) is 6.54 Å². The number of aryl methyl sites for hydroxylation is 1. The minimum absolute atomic E-state index is 0.655. The average molecular weight is 386 g/mol. The first-order valence-electron chi connectivity index (χ1n) is 8.89. The van der Waals surface area contributed by atoms with Crippen molar-refractivity contribution >= 4 is 28.4 Å². The molecule has 0 radical (unpaired) electrons. The number of thiazole rings is 1. The van der Waals surface area contributed by atoms with Gasteiger partial charge in [-0.3, -0.25) is 4.90 Å². The summed E-state index contributed by atoms with van der Waals surface area (Å²) in [5, 5.41) is 15.6. The van der Waals surface area contributed by atoms with E-state index in [9.17, 15) is 5.11 Å². The second kappa shape index (κ2) is 7.88. The van der Waals surface area contributed by atoms with Crippen molar-refractivity contribution in [1.29, 1.82) is 0 Å². The number of hydrogen-bond donors (Lipinski definition) is 1. The molecule has 26 heavy (non-hydrogen) atoms. The number of para-hydroxylation sites is 1. The lowest BCUT2D eigenvalue weighted by atomic mass is 10.1. The molecule has 1 saturated heterocycles. The number of aliphatic hydroxyl groups excluding tert-OH is 1. The van der Waals surface area contributed by atoms with Gasteiger partial charge in [-0.2, -0.15) is 0 Å². The number of thiophene rings is 1.